The molecule has 24 heavy (non-hydrogen) atoms. The number of rotatable bonds is 3. The second-order valence-corrected chi connectivity index (χ2v) is 5.08. The standard InChI is InChI=1S/C14H11N9O/c15-6-8-3-4-9(20-19-8)7-23-13-10(2-1-5-17-13)18-14(23)11-12(16)22-24-21-11/h1-5,19-20H,7H2,(H2,16,22)/p+1. The van der Waals surface area contributed by atoms with Crippen molar-refractivity contribution in [2.45, 2.75) is 6.54 Å². The average molecular weight is 322 g/mol. The second-order valence-electron chi connectivity index (χ2n) is 5.08. The maximum atomic E-state index is 8.89. The smallest absolute Gasteiger partial charge is 0.231 e. The Morgan fingerprint density at radius 1 is 1.38 bits per heavy atom. The number of anilines is 1. The third-order valence-corrected chi connectivity index (χ3v) is 3.56. The number of hydrogen-bond acceptors (Lipinski definition) is 8. The van der Waals surface area contributed by atoms with Gasteiger partial charge in [0.25, 0.3) is 0 Å². The number of nitrogens with one attached hydrogen (secondary N) is 1. The minimum atomic E-state index is 0.162. The Morgan fingerprint density at radius 2 is 2.29 bits per heavy atom. The van der Waals surface area contributed by atoms with Crippen LogP contribution in [-0.4, -0.2) is 24.8 Å². The molecule has 0 fully saturated rings. The van der Waals surface area contributed by atoms with Gasteiger partial charge in [-0.15, -0.1) is 0 Å². The Bertz CT molecular complexity index is 1020. The maximum absolute atomic E-state index is 8.89. The highest BCUT2D eigenvalue weighted by Crippen LogP contribution is 2.26. The van der Waals surface area contributed by atoms with Crippen molar-refractivity contribution in [3.05, 3.63) is 41.9 Å². The quantitative estimate of drug-likeness (QED) is 0.543. The van der Waals surface area contributed by atoms with Crippen LogP contribution >= 0.6 is 0 Å². The lowest BCUT2D eigenvalue weighted by Crippen LogP contribution is -2.91. The number of allylic oxidation sites excluding steroid dienone is 4. The molecule has 0 spiro atoms. The summed E-state index contributed by atoms with van der Waals surface area (Å²) < 4.78 is 6.55. The number of nitriles is 1. The third-order valence-electron chi connectivity index (χ3n) is 3.56. The molecule has 0 unspecified atom stereocenters. The molecule has 0 aromatic carbocycles. The van der Waals surface area contributed by atoms with Gasteiger partial charge in [0, 0.05) is 12.3 Å². The zero-order valence-corrected chi connectivity index (χ0v) is 12.3. The lowest BCUT2D eigenvalue weighted by Gasteiger charge is -2.13. The number of nitrogens with zero attached hydrogens (tertiary/aromatic N) is 6. The van der Waals surface area contributed by atoms with Gasteiger partial charge in [-0.1, -0.05) is 0 Å². The molecule has 1 aliphatic heterocycles. The van der Waals surface area contributed by atoms with E-state index in [1.165, 1.54) is 0 Å². The SMILES string of the molecule is N#CC1=CC=C(Cn2c(-c3nonc3N)nc3cccnc32)N[NH2+]1. The summed E-state index contributed by atoms with van der Waals surface area (Å²) in [6.07, 6.45) is 5.27. The van der Waals surface area contributed by atoms with Crippen molar-refractivity contribution in [1.82, 2.24) is 30.3 Å². The van der Waals surface area contributed by atoms with Crippen LogP contribution in [0.5, 0.6) is 0 Å². The summed E-state index contributed by atoms with van der Waals surface area (Å²) in [4.78, 5) is 8.92. The fourth-order valence-corrected chi connectivity index (χ4v) is 2.43. The van der Waals surface area contributed by atoms with Crippen molar-refractivity contribution >= 4 is 17.0 Å². The molecule has 3 aromatic heterocycles. The highest BCUT2D eigenvalue weighted by molar-refractivity contribution is 5.78. The molecule has 10 nitrogen and oxygen atoms in total. The van der Waals surface area contributed by atoms with Crippen LogP contribution < -0.4 is 16.6 Å². The summed E-state index contributed by atoms with van der Waals surface area (Å²) in [6, 6.07) is 5.74. The van der Waals surface area contributed by atoms with Crippen LogP contribution in [0.15, 0.2) is 46.5 Å². The highest BCUT2D eigenvalue weighted by atomic mass is 16.6. The molecule has 4 heterocycles. The lowest BCUT2D eigenvalue weighted by atomic mass is 10.3. The van der Waals surface area contributed by atoms with E-state index in [9.17, 15) is 0 Å². The van der Waals surface area contributed by atoms with Crippen LogP contribution in [0.1, 0.15) is 0 Å². The molecule has 0 aliphatic carbocycles. The molecular weight excluding hydrogens is 310 g/mol. The first kappa shape index (κ1) is 13.9. The van der Waals surface area contributed by atoms with E-state index in [-0.39, 0.29) is 5.82 Å². The molecule has 0 atom stereocenters. The number of quaternary nitrogens is 1. The third kappa shape index (κ3) is 2.25. The fraction of sp³-hybridized carbons (Fsp3) is 0.0714. The first-order valence-corrected chi connectivity index (χ1v) is 7.06. The molecule has 10 heteroatoms. The van der Waals surface area contributed by atoms with E-state index in [2.05, 4.69) is 36.4 Å². The predicted molar refractivity (Wildman–Crippen MR) is 82.1 cm³/mol. The number of hydrogen-bond donors (Lipinski definition) is 3. The van der Waals surface area contributed by atoms with E-state index in [4.69, 9.17) is 11.0 Å². The van der Waals surface area contributed by atoms with Crippen molar-refractivity contribution in [1.29, 1.82) is 5.26 Å². The molecule has 4 rings (SSSR count). The van der Waals surface area contributed by atoms with Crippen LogP contribution in [0.4, 0.5) is 5.82 Å². The number of pyridine rings is 1. The van der Waals surface area contributed by atoms with Gasteiger partial charge in [0.2, 0.25) is 5.70 Å². The number of nitrogens with two attached hydrogens (primary N) is 2. The largest absolute Gasteiger partial charge is 0.379 e. The van der Waals surface area contributed by atoms with E-state index in [1.807, 2.05) is 22.8 Å². The Labute approximate surface area is 135 Å². The Morgan fingerprint density at radius 3 is 3.00 bits per heavy atom. The summed E-state index contributed by atoms with van der Waals surface area (Å²) in [6.45, 7) is 0.445. The first-order valence-electron chi connectivity index (χ1n) is 7.06. The topological polar surface area (TPSA) is 148 Å². The molecule has 0 saturated heterocycles. The summed E-state index contributed by atoms with van der Waals surface area (Å²) >= 11 is 0. The first-order chi connectivity index (χ1) is 11.8. The predicted octanol–water partition coefficient (Wildman–Crippen LogP) is -0.564. The maximum Gasteiger partial charge on any atom is 0.231 e. The Hall–Kier alpha value is -3.71. The van der Waals surface area contributed by atoms with Crippen molar-refractivity contribution in [2.75, 3.05) is 5.73 Å². The molecule has 1 aliphatic rings. The lowest BCUT2D eigenvalue weighted by molar-refractivity contribution is -0.655. The summed E-state index contributed by atoms with van der Waals surface area (Å²) in [5.74, 6) is 0.676. The van der Waals surface area contributed by atoms with Crippen LogP contribution in [0, 0.1) is 11.3 Å². The van der Waals surface area contributed by atoms with Crippen molar-refractivity contribution in [2.24, 2.45) is 0 Å². The molecule has 5 N–H and O–H groups in total. The van der Waals surface area contributed by atoms with Crippen molar-refractivity contribution in [3.8, 4) is 17.6 Å². The van der Waals surface area contributed by atoms with Crippen LogP contribution in [0.25, 0.3) is 22.7 Å². The molecule has 0 amide bonds. The Balaban J connectivity index is 1.82. The zero-order chi connectivity index (χ0) is 16.5. The van der Waals surface area contributed by atoms with Gasteiger partial charge in [0.05, 0.1) is 12.2 Å². The zero-order valence-electron chi connectivity index (χ0n) is 12.3. The van der Waals surface area contributed by atoms with Crippen LogP contribution in [-0.2, 0) is 6.54 Å². The van der Waals surface area contributed by atoms with Gasteiger partial charge in [-0.3, -0.25) is 0 Å². The fourth-order valence-electron chi connectivity index (χ4n) is 2.43. The molecule has 0 bridgehead atoms. The number of fused-ring (bicyclic) bond motifs is 1. The van der Waals surface area contributed by atoms with E-state index in [0.29, 0.717) is 34.9 Å². The van der Waals surface area contributed by atoms with Gasteiger partial charge < -0.3 is 10.3 Å². The molecule has 3 aromatic rings. The summed E-state index contributed by atoms with van der Waals surface area (Å²) in [5.41, 5.74) is 13.7. The normalized spacial score (nSPS) is 14.0. The van der Waals surface area contributed by atoms with Gasteiger partial charge in [-0.2, -0.15) is 5.26 Å². The van der Waals surface area contributed by atoms with Crippen molar-refractivity contribution < 1.29 is 10.1 Å². The monoisotopic (exact) mass is 322 g/mol. The second kappa shape index (κ2) is 5.49. The minimum Gasteiger partial charge on any atom is -0.379 e. The minimum absolute atomic E-state index is 0.162. The highest BCUT2D eigenvalue weighted by Gasteiger charge is 2.21. The van der Waals surface area contributed by atoms with Gasteiger partial charge in [0.1, 0.15) is 5.52 Å². The van der Waals surface area contributed by atoms with Gasteiger partial charge in [0.15, 0.2) is 29.1 Å². The molecule has 118 valence electrons. The van der Waals surface area contributed by atoms with E-state index >= 15 is 0 Å². The molecular formula is C14H12N9O+. The molecule has 0 saturated carbocycles. The summed E-state index contributed by atoms with van der Waals surface area (Å²) in [5, 5.41) is 16.3. The number of nitrogen functional groups attached to an aromatic ring is 1. The van der Waals surface area contributed by atoms with Gasteiger partial charge in [-0.05, 0) is 28.5 Å². The number of aromatic nitrogens is 5. The summed E-state index contributed by atoms with van der Waals surface area (Å²) in [7, 11) is 0. The van der Waals surface area contributed by atoms with Crippen LogP contribution in [0.2, 0.25) is 0 Å². The Kier molecular flexibility index (Phi) is 3.18. The van der Waals surface area contributed by atoms with Gasteiger partial charge >= 0.3 is 0 Å². The van der Waals surface area contributed by atoms with Crippen LogP contribution in [0.3, 0.4) is 0 Å². The van der Waals surface area contributed by atoms with E-state index < -0.39 is 0 Å². The van der Waals surface area contributed by atoms with Crippen molar-refractivity contribution in [3.63, 3.8) is 0 Å². The number of imidazole rings is 1. The molecule has 0 radical (unpaired) electrons. The average Bonchev–Trinajstić information content (AvgIpc) is 3.19. The van der Waals surface area contributed by atoms with E-state index in [0.717, 1.165) is 5.70 Å². The van der Waals surface area contributed by atoms with E-state index in [1.54, 1.807) is 17.7 Å². The van der Waals surface area contributed by atoms with Gasteiger partial charge in [-0.25, -0.2) is 25.4 Å².